The van der Waals surface area contributed by atoms with Crippen molar-refractivity contribution >= 4 is 240 Å². The first kappa shape index (κ1) is 88.5. The van der Waals surface area contributed by atoms with Crippen molar-refractivity contribution in [2.75, 3.05) is 14.2 Å². The zero-order valence-electron chi connectivity index (χ0n) is 63.9. The standard InChI is InChI=1S/C11H9Br.C10H10ClN.C10H9ClS.2C9H8ClN.C9H7ClO.C9H7ClS2.C9H9NOS.C8H9ClO.C7H6Cl2/c1-8-2-3-10-7-11(12)5-4-9(10)6-8;2*1-6-7(2)12-10-5-8(11)3-4-9(6)10;1-6-4-7-5-8(10)2-3-9(7)11-6;2*1-6-4-7-2-3-8(10)5-9(7)11-6;1-6-2-3-7(11-6)8-4-5-9(10)12-8;1-6-10-8-5-7(11-2)3-4-9(8)12-6;1-6-3-4-8(10-2)7(9)5-6;1-5-2-3-6(8)7(9)4-5/h2-7H,1H3;3-5,12H,1-2H3;3-5H,1-2H3;2*2-5,11H,1H3;2-5H,1H3;2-5H,1H3;3-5H,1-2H3;3-5H,1-2H3;2-4H,1H3. The lowest BCUT2D eigenvalue weighted by Crippen LogP contribution is -1.83. The summed E-state index contributed by atoms with van der Waals surface area (Å²) in [4.78, 5) is 19.4. The van der Waals surface area contributed by atoms with Crippen molar-refractivity contribution in [2.24, 2.45) is 0 Å². The number of aromatic nitrogens is 4. The van der Waals surface area contributed by atoms with Crippen molar-refractivity contribution in [3.8, 4) is 21.3 Å². The van der Waals surface area contributed by atoms with E-state index in [0.717, 1.165) is 95.3 Å². The molecule has 0 saturated heterocycles. The molecule has 0 bridgehead atoms. The number of thiazole rings is 1. The van der Waals surface area contributed by atoms with Crippen molar-refractivity contribution in [1.82, 2.24) is 19.9 Å². The predicted molar refractivity (Wildman–Crippen MR) is 500 cm³/mol. The number of aromatic amines is 3. The molecule has 18 aromatic rings. The minimum atomic E-state index is 0.613. The molecule has 0 saturated carbocycles. The first-order valence-electron chi connectivity index (χ1n) is 35.0. The first-order chi connectivity index (χ1) is 53.4. The lowest BCUT2D eigenvalue weighted by atomic mass is 10.1. The van der Waals surface area contributed by atoms with Gasteiger partial charge in [-0.25, -0.2) is 4.98 Å². The molecule has 8 heterocycles. The summed E-state index contributed by atoms with van der Waals surface area (Å²) in [7, 11) is 3.27. The number of hydrogen-bond acceptors (Lipinski definition) is 8. The van der Waals surface area contributed by atoms with Gasteiger partial charge in [0.25, 0.3) is 0 Å². The summed E-state index contributed by atoms with van der Waals surface area (Å²) in [5.41, 5.74) is 15.1. The van der Waals surface area contributed by atoms with Crippen molar-refractivity contribution in [3.63, 3.8) is 0 Å². The van der Waals surface area contributed by atoms with E-state index >= 15 is 0 Å². The molecule has 3 N–H and O–H groups in total. The molecule has 0 atom stereocenters. The third-order valence-electron chi connectivity index (χ3n) is 17.0. The molecule has 0 fully saturated rings. The highest BCUT2D eigenvalue weighted by atomic mass is 79.9. The molecule has 0 aliphatic heterocycles. The Bertz CT molecular complexity index is 5820. The third kappa shape index (κ3) is 26.3. The topological polar surface area (TPSA) is 91.9 Å². The van der Waals surface area contributed by atoms with Crippen molar-refractivity contribution in [2.45, 2.75) is 83.1 Å². The number of halogens is 10. The van der Waals surface area contributed by atoms with Gasteiger partial charge in [0, 0.05) is 110 Å². The van der Waals surface area contributed by atoms with Crippen LogP contribution in [0.2, 0.25) is 44.5 Å². The SMILES string of the molecule is COc1ccc(C)cc1Cl.COc1ccc2sc(C)nc2c1.Cc1[nH]c2cc(Cl)ccc2c1C.Cc1cc2cc(Cl)ccc2[nH]1.Cc1cc2ccc(Cl)cc2[nH]1.Cc1cc2ccc(Cl)cc2o1.Cc1ccc(-c2ccc(Cl)s2)s1.Cc1ccc(Cl)c(Cl)c1.Cc1ccc2cc(Br)ccc2c1.Cc1sc2cc(Cl)ccc2c1C. The van der Waals surface area contributed by atoms with Gasteiger partial charge >= 0.3 is 0 Å². The van der Waals surface area contributed by atoms with Crippen LogP contribution in [0.4, 0.5) is 0 Å². The molecule has 18 rings (SSSR count). The molecule has 7 nitrogen and oxygen atoms in total. The maximum atomic E-state index is 5.89. The fourth-order valence-corrected chi connectivity index (χ4v) is 17.2. The molecule has 0 unspecified atom stereocenters. The van der Waals surface area contributed by atoms with Gasteiger partial charge in [0.2, 0.25) is 0 Å². The second-order valence-electron chi connectivity index (χ2n) is 26.0. The van der Waals surface area contributed by atoms with E-state index in [1.807, 2.05) is 192 Å². The quantitative estimate of drug-likeness (QED) is 0.164. The highest BCUT2D eigenvalue weighted by molar-refractivity contribution is 9.10. The lowest BCUT2D eigenvalue weighted by Gasteiger charge is -2.01. The molecular weight excluding hydrogens is 1720 g/mol. The van der Waals surface area contributed by atoms with Crippen molar-refractivity contribution in [3.05, 3.63) is 339 Å². The van der Waals surface area contributed by atoms with Gasteiger partial charge in [0.15, 0.2) is 0 Å². The molecule has 578 valence electrons. The van der Waals surface area contributed by atoms with Gasteiger partial charge in [0.05, 0.1) is 48.8 Å². The summed E-state index contributed by atoms with van der Waals surface area (Å²) in [6.45, 7) is 24.7. The van der Waals surface area contributed by atoms with Crippen molar-refractivity contribution in [1.29, 1.82) is 0 Å². The summed E-state index contributed by atoms with van der Waals surface area (Å²) >= 11 is 62.5. The molecule has 0 aliphatic rings. The van der Waals surface area contributed by atoms with Crippen LogP contribution >= 0.6 is 166 Å². The van der Waals surface area contributed by atoms with Crippen molar-refractivity contribution < 1.29 is 13.9 Å². The highest BCUT2D eigenvalue weighted by Gasteiger charge is 2.09. The number of rotatable bonds is 3. The maximum Gasteiger partial charge on any atom is 0.137 e. The van der Waals surface area contributed by atoms with E-state index in [4.69, 9.17) is 118 Å². The number of ether oxygens (including phenoxy) is 2. The van der Waals surface area contributed by atoms with Gasteiger partial charge in [-0.1, -0.05) is 180 Å². The highest BCUT2D eigenvalue weighted by Crippen LogP contribution is 2.37. The van der Waals surface area contributed by atoms with Crippen LogP contribution in [0.5, 0.6) is 11.5 Å². The number of thiophene rings is 3. The zero-order chi connectivity index (χ0) is 81.0. The van der Waals surface area contributed by atoms with Gasteiger partial charge in [-0.05, 0) is 291 Å². The number of hydrogen-bond donors (Lipinski definition) is 3. The second kappa shape index (κ2) is 42.3. The number of nitrogens with one attached hydrogen (secondary N) is 3. The Morgan fingerprint density at radius 1 is 0.375 bits per heavy atom. The Kier molecular flexibility index (Phi) is 33.4. The second-order valence-corrected chi connectivity index (χ2v) is 35.8. The summed E-state index contributed by atoms with van der Waals surface area (Å²) in [6.07, 6.45) is 0. The van der Waals surface area contributed by atoms with Crippen LogP contribution in [-0.2, 0) is 0 Å². The van der Waals surface area contributed by atoms with E-state index in [-0.39, 0.29) is 0 Å². The monoisotopic (exact) mass is 1800 g/mol. The fourth-order valence-electron chi connectivity index (χ4n) is 11.3. The average Bonchev–Trinajstić information content (AvgIpc) is 1.63. The molecule has 21 heteroatoms. The normalized spacial score (nSPS) is 10.5. The van der Waals surface area contributed by atoms with Crippen LogP contribution in [0.25, 0.3) is 84.5 Å². The molecule has 112 heavy (non-hydrogen) atoms. The van der Waals surface area contributed by atoms with Crippen LogP contribution in [0.3, 0.4) is 0 Å². The van der Waals surface area contributed by atoms with E-state index < -0.39 is 0 Å². The van der Waals surface area contributed by atoms with Gasteiger partial charge in [-0.15, -0.1) is 45.3 Å². The largest absolute Gasteiger partial charge is 0.497 e. The number of nitrogens with zero attached hydrogens (tertiary/aromatic N) is 1. The Balaban J connectivity index is 0.000000143. The molecule has 10 aromatic carbocycles. The maximum absolute atomic E-state index is 5.89. The first-order valence-corrected chi connectivity index (χ1v) is 42.5. The molecule has 8 aromatic heterocycles. The van der Waals surface area contributed by atoms with Crippen LogP contribution < -0.4 is 9.47 Å². The number of methoxy groups -OCH3 is 2. The number of H-pyrrole nitrogens is 3. The lowest BCUT2D eigenvalue weighted by molar-refractivity contribution is 0.415. The van der Waals surface area contributed by atoms with E-state index in [9.17, 15) is 0 Å². The van der Waals surface area contributed by atoms with E-state index in [1.165, 1.54) is 95.0 Å². The van der Waals surface area contributed by atoms with Crippen LogP contribution in [0, 0.1) is 83.1 Å². The van der Waals surface area contributed by atoms with Crippen LogP contribution in [-0.4, -0.2) is 34.2 Å². The summed E-state index contributed by atoms with van der Waals surface area (Å²) in [6, 6.07) is 73.8. The third-order valence-corrected chi connectivity index (χ3v) is 24.3. The Hall–Kier alpha value is -7.44. The molecule has 0 aliphatic carbocycles. The number of furan rings is 1. The molecule has 0 spiro atoms. The van der Waals surface area contributed by atoms with Gasteiger partial charge in [-0.3, -0.25) is 0 Å². The smallest absolute Gasteiger partial charge is 0.137 e. The van der Waals surface area contributed by atoms with Gasteiger partial charge in [0.1, 0.15) is 22.8 Å². The van der Waals surface area contributed by atoms with Gasteiger partial charge in [-0.2, -0.15) is 0 Å². The van der Waals surface area contributed by atoms with E-state index in [2.05, 4.69) is 156 Å². The molecule has 0 radical (unpaired) electrons. The predicted octanol–water partition coefficient (Wildman–Crippen LogP) is 34.2. The molecule has 0 amide bonds. The Morgan fingerprint density at radius 2 is 0.946 bits per heavy atom. The van der Waals surface area contributed by atoms with E-state index in [1.54, 1.807) is 54.3 Å². The van der Waals surface area contributed by atoms with Crippen LogP contribution in [0.1, 0.15) is 65.4 Å². The summed E-state index contributed by atoms with van der Waals surface area (Å²) in [5, 5.41) is 15.6. The summed E-state index contributed by atoms with van der Waals surface area (Å²) < 4.78 is 19.9. The molecular formula is C91H82BrCl9N4O3S4. The number of aryl methyl sites for hydroxylation is 12. The minimum absolute atomic E-state index is 0.613. The average molecular weight is 1810 g/mol. The fraction of sp³-hybridized carbons (Fsp3) is 0.154. The van der Waals surface area contributed by atoms with E-state index in [0.29, 0.717) is 20.1 Å². The Morgan fingerprint density at radius 3 is 1.61 bits per heavy atom. The summed E-state index contributed by atoms with van der Waals surface area (Å²) in [5.74, 6) is 2.52. The number of benzene rings is 10. The minimum Gasteiger partial charge on any atom is -0.497 e. The van der Waals surface area contributed by atoms with Crippen LogP contribution in [0.15, 0.2) is 233 Å². The zero-order valence-corrected chi connectivity index (χ0v) is 75.6. The van der Waals surface area contributed by atoms with Gasteiger partial charge < -0.3 is 28.8 Å². The Labute approximate surface area is 724 Å². The number of fused-ring (bicyclic) bond motifs is 7.